The van der Waals surface area contributed by atoms with Crippen LogP contribution in [0.15, 0.2) is 30.3 Å². The maximum atomic E-state index is 12.8. The van der Waals surface area contributed by atoms with Gasteiger partial charge in [0.2, 0.25) is 11.0 Å². The lowest BCUT2D eigenvalue weighted by molar-refractivity contribution is -0.120. The minimum atomic E-state index is -0.0538. The average Bonchev–Trinajstić information content (AvgIpc) is 3.33. The van der Waals surface area contributed by atoms with Crippen LogP contribution in [0, 0.1) is 5.92 Å². The summed E-state index contributed by atoms with van der Waals surface area (Å²) in [6, 6.07) is 9.77. The van der Waals surface area contributed by atoms with Crippen molar-refractivity contribution in [3.8, 4) is 11.4 Å². The molecule has 2 saturated heterocycles. The highest BCUT2D eigenvalue weighted by Gasteiger charge is 2.33. The van der Waals surface area contributed by atoms with Gasteiger partial charge in [0.05, 0.1) is 6.04 Å². The summed E-state index contributed by atoms with van der Waals surface area (Å²) in [5, 5.41) is 3.56. The van der Waals surface area contributed by atoms with Gasteiger partial charge in [-0.2, -0.15) is 9.36 Å². The van der Waals surface area contributed by atoms with Crippen LogP contribution in [0.5, 0.6) is 0 Å². The number of benzene rings is 1. The molecule has 26 heavy (non-hydrogen) atoms. The van der Waals surface area contributed by atoms with E-state index in [1.807, 2.05) is 30.3 Å². The number of carbonyl (C=O) groups is 1. The third-order valence-electron chi connectivity index (χ3n) is 5.19. The number of nitrogens with zero attached hydrogens (tertiary/aromatic N) is 3. The van der Waals surface area contributed by atoms with Crippen molar-refractivity contribution in [2.24, 2.45) is 5.92 Å². The number of likely N-dealkylation sites (tertiary alicyclic amines) is 1. The van der Waals surface area contributed by atoms with E-state index in [9.17, 15) is 4.79 Å². The monoisotopic (exact) mass is 372 g/mol. The topological polar surface area (TPSA) is 67.4 Å². The van der Waals surface area contributed by atoms with E-state index in [0.717, 1.165) is 57.6 Å². The van der Waals surface area contributed by atoms with E-state index in [-0.39, 0.29) is 11.9 Å². The first-order valence-corrected chi connectivity index (χ1v) is 10.1. The van der Waals surface area contributed by atoms with Crippen LogP contribution in [-0.2, 0) is 9.53 Å². The molecule has 6 nitrogen and oxygen atoms in total. The Hall–Kier alpha value is -1.83. The SMILES string of the molecule is O=C(Nc1nc(-c2ccccc2)ns1)C1CCCN1CC1CCOCC1. The molecular formula is C19H24N4O2S. The summed E-state index contributed by atoms with van der Waals surface area (Å²) in [5.74, 6) is 1.35. The van der Waals surface area contributed by atoms with Gasteiger partial charge >= 0.3 is 0 Å². The van der Waals surface area contributed by atoms with Gasteiger partial charge < -0.3 is 4.74 Å². The summed E-state index contributed by atoms with van der Waals surface area (Å²) in [5.41, 5.74) is 0.964. The van der Waals surface area contributed by atoms with Crippen molar-refractivity contribution < 1.29 is 9.53 Å². The number of ether oxygens (including phenoxy) is 1. The number of hydrogen-bond donors (Lipinski definition) is 1. The number of nitrogens with one attached hydrogen (secondary N) is 1. The van der Waals surface area contributed by atoms with Crippen molar-refractivity contribution in [1.82, 2.24) is 14.3 Å². The molecule has 7 heteroatoms. The second-order valence-corrected chi connectivity index (χ2v) is 7.74. The number of aromatic nitrogens is 2. The van der Waals surface area contributed by atoms with Gasteiger partial charge in [0.25, 0.3) is 0 Å². The molecule has 2 fully saturated rings. The predicted octanol–water partition coefficient (Wildman–Crippen LogP) is 3.03. The molecule has 1 amide bonds. The van der Waals surface area contributed by atoms with Crippen LogP contribution in [-0.4, -0.2) is 52.5 Å². The zero-order valence-corrected chi connectivity index (χ0v) is 15.6. The van der Waals surface area contributed by atoms with Gasteiger partial charge in [-0.25, -0.2) is 0 Å². The van der Waals surface area contributed by atoms with Crippen LogP contribution in [0.1, 0.15) is 25.7 Å². The van der Waals surface area contributed by atoms with E-state index in [4.69, 9.17) is 4.74 Å². The molecule has 1 atom stereocenters. The van der Waals surface area contributed by atoms with Crippen LogP contribution in [0.2, 0.25) is 0 Å². The summed E-state index contributed by atoms with van der Waals surface area (Å²) in [6.45, 7) is 3.69. The van der Waals surface area contributed by atoms with Crippen LogP contribution >= 0.6 is 11.5 Å². The van der Waals surface area contributed by atoms with Crippen LogP contribution in [0.3, 0.4) is 0 Å². The lowest BCUT2D eigenvalue weighted by Gasteiger charge is -2.30. The molecule has 2 aromatic rings. The van der Waals surface area contributed by atoms with Gasteiger partial charge in [0.1, 0.15) is 0 Å². The fourth-order valence-electron chi connectivity index (χ4n) is 3.77. The van der Waals surface area contributed by atoms with E-state index in [1.165, 1.54) is 11.5 Å². The number of anilines is 1. The van der Waals surface area contributed by atoms with Gasteiger partial charge in [-0.15, -0.1) is 0 Å². The van der Waals surface area contributed by atoms with Crippen LogP contribution < -0.4 is 5.32 Å². The zero-order valence-electron chi connectivity index (χ0n) is 14.8. The normalized spacial score (nSPS) is 21.8. The minimum Gasteiger partial charge on any atom is -0.381 e. The Bertz CT molecular complexity index is 730. The third kappa shape index (κ3) is 4.11. The summed E-state index contributed by atoms with van der Waals surface area (Å²) in [4.78, 5) is 19.6. The predicted molar refractivity (Wildman–Crippen MR) is 102 cm³/mol. The molecule has 3 heterocycles. The quantitative estimate of drug-likeness (QED) is 0.874. The lowest BCUT2D eigenvalue weighted by atomic mass is 9.99. The van der Waals surface area contributed by atoms with Crippen molar-refractivity contribution in [3.63, 3.8) is 0 Å². The molecule has 0 aliphatic carbocycles. The fourth-order valence-corrected chi connectivity index (χ4v) is 4.36. The maximum absolute atomic E-state index is 12.8. The van der Waals surface area contributed by atoms with Gasteiger partial charge in [-0.05, 0) is 38.1 Å². The summed E-state index contributed by atoms with van der Waals surface area (Å²) >= 11 is 1.24. The van der Waals surface area contributed by atoms with Crippen molar-refractivity contribution >= 4 is 22.6 Å². The molecule has 1 aromatic heterocycles. The second-order valence-electron chi connectivity index (χ2n) is 6.99. The number of carbonyl (C=O) groups excluding carboxylic acids is 1. The van der Waals surface area contributed by atoms with E-state index >= 15 is 0 Å². The Balaban J connectivity index is 1.37. The molecule has 4 rings (SSSR count). The first-order chi connectivity index (χ1) is 12.8. The van der Waals surface area contributed by atoms with Crippen LogP contribution in [0.4, 0.5) is 5.13 Å². The molecular weight excluding hydrogens is 348 g/mol. The first-order valence-electron chi connectivity index (χ1n) is 9.31. The summed E-state index contributed by atoms with van der Waals surface area (Å²) in [7, 11) is 0. The highest BCUT2D eigenvalue weighted by atomic mass is 32.1. The number of amides is 1. The summed E-state index contributed by atoms with van der Waals surface area (Å²) in [6.07, 6.45) is 4.19. The van der Waals surface area contributed by atoms with E-state index in [2.05, 4.69) is 19.6 Å². The average molecular weight is 372 g/mol. The first kappa shape index (κ1) is 17.6. The van der Waals surface area contributed by atoms with Gasteiger partial charge in [0.15, 0.2) is 5.82 Å². The van der Waals surface area contributed by atoms with Gasteiger partial charge in [-0.3, -0.25) is 15.0 Å². The summed E-state index contributed by atoms with van der Waals surface area (Å²) < 4.78 is 9.81. The minimum absolute atomic E-state index is 0.0466. The Labute approximate surface area is 157 Å². The zero-order chi connectivity index (χ0) is 17.8. The molecule has 0 spiro atoms. The molecule has 0 radical (unpaired) electrons. The Morgan fingerprint density at radius 3 is 2.85 bits per heavy atom. The molecule has 1 N–H and O–H groups in total. The fraction of sp³-hybridized carbons (Fsp3) is 0.526. The second kappa shape index (κ2) is 8.24. The molecule has 2 aliphatic rings. The van der Waals surface area contributed by atoms with Gasteiger partial charge in [-0.1, -0.05) is 30.3 Å². The van der Waals surface area contributed by atoms with Crippen LogP contribution in [0.25, 0.3) is 11.4 Å². The Morgan fingerprint density at radius 2 is 2.04 bits per heavy atom. The highest BCUT2D eigenvalue weighted by Crippen LogP contribution is 2.25. The molecule has 2 aliphatic heterocycles. The van der Waals surface area contributed by atoms with E-state index < -0.39 is 0 Å². The van der Waals surface area contributed by atoms with E-state index in [0.29, 0.717) is 16.9 Å². The smallest absolute Gasteiger partial charge is 0.243 e. The Kier molecular flexibility index (Phi) is 5.57. The third-order valence-corrected chi connectivity index (χ3v) is 5.82. The highest BCUT2D eigenvalue weighted by molar-refractivity contribution is 7.10. The molecule has 0 saturated carbocycles. The number of rotatable bonds is 5. The van der Waals surface area contributed by atoms with Gasteiger partial charge in [0, 0.05) is 36.9 Å². The van der Waals surface area contributed by atoms with Crippen molar-refractivity contribution in [2.45, 2.75) is 31.7 Å². The molecule has 1 unspecified atom stereocenters. The Morgan fingerprint density at radius 1 is 1.23 bits per heavy atom. The van der Waals surface area contributed by atoms with E-state index in [1.54, 1.807) is 0 Å². The largest absolute Gasteiger partial charge is 0.381 e. The molecule has 0 bridgehead atoms. The van der Waals surface area contributed by atoms with Crippen molar-refractivity contribution in [2.75, 3.05) is 31.6 Å². The number of hydrogen-bond acceptors (Lipinski definition) is 6. The molecule has 138 valence electrons. The molecule has 1 aromatic carbocycles. The van der Waals surface area contributed by atoms with Crippen molar-refractivity contribution in [1.29, 1.82) is 0 Å². The standard InChI is InChI=1S/C19H24N4O2S/c24-18(16-7-4-10-23(16)13-14-8-11-25-12-9-14)21-19-20-17(22-26-19)15-5-2-1-3-6-15/h1-3,5-6,14,16H,4,7-13H2,(H,20,21,22,24). The van der Waals surface area contributed by atoms with Crippen molar-refractivity contribution in [3.05, 3.63) is 30.3 Å². The lowest BCUT2D eigenvalue weighted by Crippen LogP contribution is -2.42. The maximum Gasteiger partial charge on any atom is 0.243 e.